The van der Waals surface area contributed by atoms with Gasteiger partial charge in [-0.1, -0.05) is 23.7 Å². The van der Waals surface area contributed by atoms with E-state index in [0.717, 1.165) is 49.0 Å². The van der Waals surface area contributed by atoms with E-state index in [1.165, 1.54) is 5.56 Å². The molecule has 2 aromatic rings. The predicted molar refractivity (Wildman–Crippen MR) is 96.4 cm³/mol. The van der Waals surface area contributed by atoms with Crippen LogP contribution in [0.5, 0.6) is 0 Å². The Labute approximate surface area is 148 Å². The molecule has 1 saturated heterocycles. The minimum Gasteiger partial charge on any atom is -0.381 e. The van der Waals surface area contributed by atoms with E-state index in [1.54, 1.807) is 12.4 Å². The second-order valence-corrected chi connectivity index (χ2v) is 6.97. The number of hydrogen-bond acceptors (Lipinski definition) is 4. The van der Waals surface area contributed by atoms with Crippen LogP contribution in [0.2, 0.25) is 5.02 Å². The Morgan fingerprint density at radius 2 is 1.83 bits per heavy atom. The van der Waals surface area contributed by atoms with Gasteiger partial charge in [0.2, 0.25) is 0 Å². The number of nitrogens with zero attached hydrogens (tertiary/aromatic N) is 2. The van der Waals surface area contributed by atoms with E-state index in [0.29, 0.717) is 0 Å². The summed E-state index contributed by atoms with van der Waals surface area (Å²) in [7, 11) is 0. The van der Waals surface area contributed by atoms with Gasteiger partial charge in [0.25, 0.3) is 0 Å². The van der Waals surface area contributed by atoms with E-state index in [9.17, 15) is 0 Å². The SMILES string of the molecule is Cc1nccnc1[C@@H](C)NCC1(c2ccc(Cl)cc2)CCOCC1. The largest absolute Gasteiger partial charge is 0.381 e. The Morgan fingerprint density at radius 3 is 2.50 bits per heavy atom. The Balaban J connectivity index is 1.78. The molecule has 128 valence electrons. The lowest BCUT2D eigenvalue weighted by atomic mass is 9.74. The molecular weight excluding hydrogens is 322 g/mol. The smallest absolute Gasteiger partial charge is 0.0782 e. The molecule has 1 N–H and O–H groups in total. The van der Waals surface area contributed by atoms with E-state index >= 15 is 0 Å². The molecule has 0 bridgehead atoms. The van der Waals surface area contributed by atoms with Crippen LogP contribution in [0.3, 0.4) is 0 Å². The van der Waals surface area contributed by atoms with Crippen molar-refractivity contribution in [1.29, 1.82) is 0 Å². The van der Waals surface area contributed by atoms with Crippen molar-refractivity contribution in [2.24, 2.45) is 0 Å². The number of aromatic nitrogens is 2. The quantitative estimate of drug-likeness (QED) is 0.894. The molecule has 0 saturated carbocycles. The maximum Gasteiger partial charge on any atom is 0.0782 e. The van der Waals surface area contributed by atoms with Gasteiger partial charge in [-0.05, 0) is 44.4 Å². The van der Waals surface area contributed by atoms with E-state index in [1.807, 2.05) is 19.1 Å². The van der Waals surface area contributed by atoms with Crippen molar-refractivity contribution >= 4 is 11.6 Å². The lowest BCUT2D eigenvalue weighted by Crippen LogP contribution is -2.43. The van der Waals surface area contributed by atoms with Crippen molar-refractivity contribution in [3.8, 4) is 0 Å². The van der Waals surface area contributed by atoms with Gasteiger partial charge in [0.05, 0.1) is 11.4 Å². The van der Waals surface area contributed by atoms with Crippen molar-refractivity contribution < 1.29 is 4.74 Å². The molecule has 24 heavy (non-hydrogen) atoms. The Kier molecular flexibility index (Phi) is 5.49. The van der Waals surface area contributed by atoms with Crippen molar-refractivity contribution in [2.75, 3.05) is 19.8 Å². The summed E-state index contributed by atoms with van der Waals surface area (Å²) in [5.74, 6) is 0. The molecule has 1 aromatic carbocycles. The number of aryl methyl sites for hydroxylation is 1. The van der Waals surface area contributed by atoms with Crippen molar-refractivity contribution in [3.05, 3.63) is 58.6 Å². The van der Waals surface area contributed by atoms with Gasteiger partial charge in [-0.3, -0.25) is 9.97 Å². The summed E-state index contributed by atoms with van der Waals surface area (Å²) in [4.78, 5) is 8.82. The molecule has 0 radical (unpaired) electrons. The third-order valence-electron chi connectivity index (χ3n) is 4.98. The van der Waals surface area contributed by atoms with Gasteiger partial charge in [0.15, 0.2) is 0 Å². The predicted octanol–water partition coefficient (Wildman–Crippen LogP) is 3.84. The molecule has 0 unspecified atom stereocenters. The molecule has 4 nitrogen and oxygen atoms in total. The molecule has 0 amide bonds. The molecule has 0 spiro atoms. The summed E-state index contributed by atoms with van der Waals surface area (Å²) < 4.78 is 5.60. The second-order valence-electron chi connectivity index (χ2n) is 6.53. The van der Waals surface area contributed by atoms with E-state index in [-0.39, 0.29) is 11.5 Å². The highest BCUT2D eigenvalue weighted by molar-refractivity contribution is 6.30. The van der Waals surface area contributed by atoms with Crippen LogP contribution in [0.1, 0.15) is 42.8 Å². The van der Waals surface area contributed by atoms with Crippen molar-refractivity contribution in [3.63, 3.8) is 0 Å². The molecule has 3 rings (SSSR count). The van der Waals surface area contributed by atoms with Crippen molar-refractivity contribution in [1.82, 2.24) is 15.3 Å². The van der Waals surface area contributed by atoms with Crippen LogP contribution in [0.15, 0.2) is 36.7 Å². The van der Waals surface area contributed by atoms with Crippen LogP contribution in [0, 0.1) is 6.92 Å². The van der Waals surface area contributed by atoms with Gasteiger partial charge < -0.3 is 10.1 Å². The topological polar surface area (TPSA) is 47.0 Å². The highest BCUT2D eigenvalue weighted by Crippen LogP contribution is 2.35. The maximum absolute atomic E-state index is 6.07. The summed E-state index contributed by atoms with van der Waals surface area (Å²) in [6.07, 6.45) is 5.50. The second kappa shape index (κ2) is 7.60. The normalized spacial score (nSPS) is 18.3. The van der Waals surface area contributed by atoms with Gasteiger partial charge in [-0.2, -0.15) is 0 Å². The summed E-state index contributed by atoms with van der Waals surface area (Å²) in [5, 5.41) is 4.45. The summed E-state index contributed by atoms with van der Waals surface area (Å²) in [6.45, 7) is 6.62. The molecule has 1 aliphatic heterocycles. The number of benzene rings is 1. The molecule has 1 fully saturated rings. The fraction of sp³-hybridized carbons (Fsp3) is 0.474. The molecule has 2 heterocycles. The molecule has 1 aromatic heterocycles. The van der Waals surface area contributed by atoms with Gasteiger partial charge in [0.1, 0.15) is 0 Å². The van der Waals surface area contributed by atoms with Crippen LogP contribution < -0.4 is 5.32 Å². The number of rotatable bonds is 5. The first-order chi connectivity index (χ1) is 11.6. The number of nitrogens with one attached hydrogen (secondary N) is 1. The lowest BCUT2D eigenvalue weighted by Gasteiger charge is -2.39. The Hall–Kier alpha value is -1.49. The highest BCUT2D eigenvalue weighted by Gasteiger charge is 2.34. The lowest BCUT2D eigenvalue weighted by molar-refractivity contribution is 0.0490. The molecule has 1 aliphatic rings. The van der Waals surface area contributed by atoms with Crippen LogP contribution in [0.4, 0.5) is 0 Å². The number of ether oxygens (including phenoxy) is 1. The zero-order valence-electron chi connectivity index (χ0n) is 14.3. The van der Waals surface area contributed by atoms with Gasteiger partial charge >= 0.3 is 0 Å². The van der Waals surface area contributed by atoms with Crippen LogP contribution in [-0.4, -0.2) is 29.7 Å². The third-order valence-corrected chi connectivity index (χ3v) is 5.23. The maximum atomic E-state index is 6.07. The average Bonchev–Trinajstić information content (AvgIpc) is 2.61. The molecule has 1 atom stereocenters. The number of halogens is 1. The molecular formula is C19H24ClN3O. The summed E-state index contributed by atoms with van der Waals surface area (Å²) in [6, 6.07) is 8.40. The summed E-state index contributed by atoms with van der Waals surface area (Å²) in [5.41, 5.74) is 3.39. The van der Waals surface area contributed by atoms with E-state index in [2.05, 4.69) is 34.3 Å². The standard InChI is InChI=1S/C19H24ClN3O/c1-14-18(22-10-9-21-14)15(2)23-13-19(7-11-24-12-8-19)16-3-5-17(20)6-4-16/h3-6,9-10,15,23H,7-8,11-13H2,1-2H3/t15-/m1/s1. The molecule has 0 aliphatic carbocycles. The Morgan fingerprint density at radius 1 is 1.17 bits per heavy atom. The van der Waals surface area contributed by atoms with Crippen LogP contribution in [-0.2, 0) is 10.2 Å². The zero-order valence-corrected chi connectivity index (χ0v) is 15.0. The highest BCUT2D eigenvalue weighted by atomic mass is 35.5. The summed E-state index contributed by atoms with van der Waals surface area (Å²) >= 11 is 6.07. The van der Waals surface area contributed by atoms with Crippen LogP contribution >= 0.6 is 11.6 Å². The first kappa shape index (κ1) is 17.3. The van der Waals surface area contributed by atoms with E-state index < -0.39 is 0 Å². The fourth-order valence-electron chi connectivity index (χ4n) is 3.42. The van der Waals surface area contributed by atoms with E-state index in [4.69, 9.17) is 16.3 Å². The third kappa shape index (κ3) is 3.77. The fourth-order valence-corrected chi connectivity index (χ4v) is 3.55. The minimum atomic E-state index is 0.0766. The number of hydrogen-bond donors (Lipinski definition) is 1. The first-order valence-corrected chi connectivity index (χ1v) is 8.83. The first-order valence-electron chi connectivity index (χ1n) is 8.45. The van der Waals surface area contributed by atoms with Crippen LogP contribution in [0.25, 0.3) is 0 Å². The van der Waals surface area contributed by atoms with Gasteiger partial charge in [0, 0.05) is 48.6 Å². The van der Waals surface area contributed by atoms with Gasteiger partial charge in [-0.25, -0.2) is 0 Å². The average molecular weight is 346 g/mol. The molecule has 5 heteroatoms. The monoisotopic (exact) mass is 345 g/mol. The van der Waals surface area contributed by atoms with Gasteiger partial charge in [-0.15, -0.1) is 0 Å². The minimum absolute atomic E-state index is 0.0766. The zero-order chi connectivity index (χ0) is 17.0. The Bertz CT molecular complexity index is 669. The van der Waals surface area contributed by atoms with Crippen molar-refractivity contribution in [2.45, 2.75) is 38.1 Å².